The Balaban J connectivity index is 3.45. The monoisotopic (exact) mass is 623 g/mol. The molecule has 41 heavy (non-hydrogen) atoms. The molecule has 0 aliphatic carbocycles. The van der Waals surface area contributed by atoms with Crippen LogP contribution in [0.5, 0.6) is 0 Å². The molecule has 1 rings (SSSR count). The number of unbranched alkanes of at least 4 members (excludes halogenated alkanes) is 4. The van der Waals surface area contributed by atoms with Crippen molar-refractivity contribution in [1.29, 1.82) is 0 Å². The van der Waals surface area contributed by atoms with Gasteiger partial charge in [0.05, 0.1) is 13.2 Å². The summed E-state index contributed by atoms with van der Waals surface area (Å²) in [5, 5.41) is 3.20. The van der Waals surface area contributed by atoms with E-state index < -0.39 is 61.2 Å². The fraction of sp³-hybridized carbons (Fsp3) is 0.778. The maximum atomic E-state index is 13.8. The highest BCUT2D eigenvalue weighted by Crippen LogP contribution is 2.57. The van der Waals surface area contributed by atoms with Crippen molar-refractivity contribution in [3.05, 3.63) is 11.4 Å². The normalized spacial score (nSPS) is 23.0. The fourth-order valence-electron chi connectivity index (χ4n) is 4.23. The van der Waals surface area contributed by atoms with Crippen LogP contribution < -0.4 is 5.32 Å². The van der Waals surface area contributed by atoms with Gasteiger partial charge in [-0.1, -0.05) is 32.3 Å². The topological polar surface area (TPSA) is 153 Å². The van der Waals surface area contributed by atoms with Crippen molar-refractivity contribution in [3.8, 4) is 0 Å². The Hall–Kier alpha value is -1.92. The van der Waals surface area contributed by atoms with E-state index in [1.807, 2.05) is 6.08 Å². The van der Waals surface area contributed by atoms with Gasteiger partial charge in [-0.25, -0.2) is 0 Å². The number of ether oxygens (including phenoxy) is 4. The molecular formula is C27H46NO11PS. The zero-order valence-corrected chi connectivity index (χ0v) is 26.9. The van der Waals surface area contributed by atoms with Gasteiger partial charge in [-0.05, 0) is 26.7 Å². The molecule has 1 aliphatic heterocycles. The van der Waals surface area contributed by atoms with Crippen LogP contribution >= 0.6 is 19.4 Å². The van der Waals surface area contributed by atoms with Gasteiger partial charge in [0.15, 0.2) is 12.2 Å². The SMILES string of the molecule is CCCCCC/C=C(\CS[C@@H]1O[C@H](COC(C)=O)[C@@H](OC(C)=O)[C@H](OC(C)=O)[C@H]1NC(C)=O)P(=O)(OCC)OCC. The van der Waals surface area contributed by atoms with Gasteiger partial charge < -0.3 is 33.3 Å². The number of rotatable bonds is 18. The predicted molar refractivity (Wildman–Crippen MR) is 154 cm³/mol. The van der Waals surface area contributed by atoms with Crippen molar-refractivity contribution in [2.75, 3.05) is 25.6 Å². The number of allylic oxidation sites excluding steroid dienone is 1. The summed E-state index contributed by atoms with van der Waals surface area (Å²) in [5.41, 5.74) is -0.893. The third-order valence-electron chi connectivity index (χ3n) is 5.85. The first-order valence-corrected chi connectivity index (χ1v) is 16.6. The first kappa shape index (κ1) is 37.1. The highest BCUT2D eigenvalue weighted by atomic mass is 32.2. The van der Waals surface area contributed by atoms with E-state index in [0.29, 0.717) is 11.7 Å². The summed E-state index contributed by atoms with van der Waals surface area (Å²) in [6, 6.07) is -0.969. The van der Waals surface area contributed by atoms with Crippen LogP contribution in [0.25, 0.3) is 0 Å². The van der Waals surface area contributed by atoms with Crippen molar-refractivity contribution in [2.45, 2.75) is 110 Å². The van der Waals surface area contributed by atoms with Crippen molar-refractivity contribution in [3.63, 3.8) is 0 Å². The molecule has 1 aliphatic rings. The van der Waals surface area contributed by atoms with E-state index in [1.54, 1.807) is 13.8 Å². The minimum atomic E-state index is -3.64. The zero-order chi connectivity index (χ0) is 31.0. The standard InChI is InChI=1S/C27H46NO11PS/c1-8-11-12-13-14-15-22(40(33,35-9-2)36-10-3)17-41-27-24(28-18(4)29)26(38-21(7)32)25(37-20(6)31)23(39-27)16-34-19(5)30/h15,23-27H,8-14,16-17H2,1-7H3,(H,28,29)/b22-15+/t23-,24-,25-,26-,27+/m1/s1. The maximum absolute atomic E-state index is 13.8. The Labute approximate surface area is 247 Å². The minimum Gasteiger partial charge on any atom is -0.463 e. The summed E-state index contributed by atoms with van der Waals surface area (Å²) in [7, 11) is -3.64. The summed E-state index contributed by atoms with van der Waals surface area (Å²) >= 11 is 1.18. The molecule has 14 heteroatoms. The van der Waals surface area contributed by atoms with Crippen LogP contribution in [-0.4, -0.2) is 79.2 Å². The largest absolute Gasteiger partial charge is 0.463 e. The van der Waals surface area contributed by atoms with E-state index in [1.165, 1.54) is 39.5 Å². The molecule has 0 aromatic heterocycles. The number of carbonyl (C=O) groups is 4. The Bertz CT molecular complexity index is 934. The summed E-state index contributed by atoms with van der Waals surface area (Å²) < 4.78 is 47.4. The second-order valence-electron chi connectivity index (χ2n) is 9.41. The van der Waals surface area contributed by atoms with Gasteiger partial charge in [0, 0.05) is 38.8 Å². The molecule has 0 bridgehead atoms. The molecule has 0 aromatic carbocycles. The average molecular weight is 624 g/mol. The van der Waals surface area contributed by atoms with E-state index in [9.17, 15) is 23.7 Å². The Morgan fingerprint density at radius 2 is 1.49 bits per heavy atom. The lowest BCUT2D eigenvalue weighted by Gasteiger charge is -2.45. The van der Waals surface area contributed by atoms with Gasteiger partial charge in [0.1, 0.15) is 24.2 Å². The number of hydrogen-bond donors (Lipinski definition) is 1. The fourth-order valence-corrected chi connectivity index (χ4v) is 7.63. The first-order chi connectivity index (χ1) is 19.4. The van der Waals surface area contributed by atoms with Gasteiger partial charge >= 0.3 is 25.5 Å². The second kappa shape index (κ2) is 19.3. The summed E-state index contributed by atoms with van der Waals surface area (Å²) in [5.74, 6) is -2.25. The molecule has 1 N–H and O–H groups in total. The molecule has 0 radical (unpaired) electrons. The predicted octanol–water partition coefficient (Wildman–Crippen LogP) is 4.50. The molecule has 12 nitrogen and oxygen atoms in total. The number of esters is 3. The third kappa shape index (κ3) is 13.3. The number of hydrogen-bond acceptors (Lipinski definition) is 12. The molecule has 1 saturated heterocycles. The number of thioether (sulfide) groups is 1. The molecule has 5 atom stereocenters. The minimum absolute atomic E-state index is 0.136. The molecular weight excluding hydrogens is 577 g/mol. The van der Waals surface area contributed by atoms with Crippen LogP contribution in [0.4, 0.5) is 0 Å². The zero-order valence-electron chi connectivity index (χ0n) is 25.2. The first-order valence-electron chi connectivity index (χ1n) is 14.0. The molecule has 1 amide bonds. The van der Waals surface area contributed by atoms with Gasteiger partial charge in [-0.2, -0.15) is 0 Å². The van der Waals surface area contributed by atoms with E-state index in [0.717, 1.165) is 25.7 Å². The number of carbonyl (C=O) groups excluding carboxylic acids is 4. The van der Waals surface area contributed by atoms with Crippen LogP contribution in [-0.2, 0) is 51.7 Å². The average Bonchev–Trinajstić information content (AvgIpc) is 2.87. The van der Waals surface area contributed by atoms with Crippen LogP contribution in [0.3, 0.4) is 0 Å². The molecule has 0 unspecified atom stereocenters. The Morgan fingerprint density at radius 3 is 2.00 bits per heavy atom. The second-order valence-corrected chi connectivity index (χ2v) is 12.6. The summed E-state index contributed by atoms with van der Waals surface area (Å²) in [6.07, 6.45) is 3.25. The number of amides is 1. The van der Waals surface area contributed by atoms with Gasteiger partial charge in [0.25, 0.3) is 0 Å². The van der Waals surface area contributed by atoms with E-state index >= 15 is 0 Å². The quantitative estimate of drug-likeness (QED) is 0.0990. The highest BCUT2D eigenvalue weighted by molar-refractivity contribution is 8.00. The maximum Gasteiger partial charge on any atom is 0.357 e. The smallest absolute Gasteiger partial charge is 0.357 e. The summed E-state index contributed by atoms with van der Waals surface area (Å²) in [4.78, 5) is 47.9. The van der Waals surface area contributed by atoms with Crippen molar-refractivity contribution < 1.29 is 51.7 Å². The summed E-state index contributed by atoms with van der Waals surface area (Å²) in [6.45, 7) is 10.5. The third-order valence-corrected chi connectivity index (χ3v) is 9.52. The molecule has 1 heterocycles. The highest BCUT2D eigenvalue weighted by Gasteiger charge is 2.51. The van der Waals surface area contributed by atoms with E-state index in [2.05, 4.69) is 12.2 Å². The van der Waals surface area contributed by atoms with Crippen LogP contribution in [0.2, 0.25) is 0 Å². The lowest BCUT2D eigenvalue weighted by atomic mass is 9.97. The van der Waals surface area contributed by atoms with E-state index in [-0.39, 0.29) is 25.6 Å². The number of nitrogens with one attached hydrogen (secondary N) is 1. The van der Waals surface area contributed by atoms with Crippen LogP contribution in [0, 0.1) is 0 Å². The molecule has 0 saturated carbocycles. The lowest BCUT2D eigenvalue weighted by Crippen LogP contribution is -2.65. The van der Waals surface area contributed by atoms with E-state index in [4.69, 9.17) is 28.0 Å². The molecule has 0 aromatic rings. The lowest BCUT2D eigenvalue weighted by molar-refractivity contribution is -0.211. The van der Waals surface area contributed by atoms with Crippen LogP contribution in [0.15, 0.2) is 11.4 Å². The van der Waals surface area contributed by atoms with Crippen molar-refractivity contribution in [1.82, 2.24) is 5.32 Å². The molecule has 0 spiro atoms. The van der Waals surface area contributed by atoms with Gasteiger partial charge in [-0.15, -0.1) is 11.8 Å². The van der Waals surface area contributed by atoms with Gasteiger partial charge in [0.2, 0.25) is 5.91 Å². The Kier molecular flexibility index (Phi) is 17.5. The Morgan fingerprint density at radius 1 is 0.878 bits per heavy atom. The van der Waals surface area contributed by atoms with Crippen molar-refractivity contribution in [2.24, 2.45) is 0 Å². The molecule has 236 valence electrons. The van der Waals surface area contributed by atoms with Crippen molar-refractivity contribution >= 4 is 43.2 Å². The molecule has 1 fully saturated rings. The van der Waals surface area contributed by atoms with Gasteiger partial charge in [-0.3, -0.25) is 23.7 Å². The van der Waals surface area contributed by atoms with Crippen LogP contribution in [0.1, 0.15) is 80.6 Å².